The lowest BCUT2D eigenvalue weighted by molar-refractivity contribution is -0.137. The van der Waals surface area contributed by atoms with Crippen LogP contribution in [0.15, 0.2) is 42.5 Å². The number of Topliss-reactive ketones (excluding diaryl/α,β-unsaturated/α-hetero) is 1. The van der Waals surface area contributed by atoms with Gasteiger partial charge in [-0.3, -0.25) is 9.59 Å². The third kappa shape index (κ3) is 5.73. The van der Waals surface area contributed by atoms with Gasteiger partial charge in [-0.15, -0.1) is 11.3 Å². The average Bonchev–Trinajstić information content (AvgIpc) is 3.23. The molecule has 0 bridgehead atoms. The van der Waals surface area contributed by atoms with Crippen LogP contribution in [-0.4, -0.2) is 28.1 Å². The quantitative estimate of drug-likeness (QED) is 0.397. The molecule has 4 nitrogen and oxygen atoms in total. The predicted octanol–water partition coefficient (Wildman–Crippen LogP) is 5.46. The van der Waals surface area contributed by atoms with Gasteiger partial charge in [0.25, 0.3) is 0 Å². The van der Waals surface area contributed by atoms with Crippen molar-refractivity contribution in [1.82, 2.24) is 0 Å². The highest BCUT2D eigenvalue weighted by atomic mass is 32.1. The Balaban J connectivity index is 1.53. The van der Waals surface area contributed by atoms with Gasteiger partial charge in [-0.05, 0) is 49.6 Å². The molecule has 1 unspecified atom stereocenters. The molecule has 3 rings (SSSR count). The van der Waals surface area contributed by atoms with Crippen LogP contribution >= 0.6 is 11.3 Å². The van der Waals surface area contributed by atoms with Gasteiger partial charge in [0.1, 0.15) is 12.0 Å². The molecular formula is C23H27FO4S. The Morgan fingerprint density at radius 2 is 2.10 bits per heavy atom. The number of aliphatic carboxylic acids is 1. The van der Waals surface area contributed by atoms with Crippen molar-refractivity contribution >= 4 is 33.2 Å². The van der Waals surface area contributed by atoms with Crippen LogP contribution in [0.3, 0.4) is 0 Å². The van der Waals surface area contributed by atoms with E-state index in [0.717, 1.165) is 15.0 Å². The van der Waals surface area contributed by atoms with E-state index in [2.05, 4.69) is 0 Å². The Hall–Kier alpha value is -2.05. The molecule has 2 N–H and O–H groups in total. The predicted molar refractivity (Wildman–Crippen MR) is 113 cm³/mol. The number of carbonyl (C=O) groups excluding carboxylic acids is 1. The summed E-state index contributed by atoms with van der Waals surface area (Å²) in [6, 6.07) is 9.94. The molecule has 1 aromatic heterocycles. The molecular weight excluding hydrogens is 391 g/mol. The first kappa shape index (κ1) is 21.7. The first-order chi connectivity index (χ1) is 14.0. The lowest BCUT2D eigenvalue weighted by Crippen LogP contribution is -2.18. The average molecular weight is 419 g/mol. The highest BCUT2D eigenvalue weighted by Crippen LogP contribution is 2.39. The Morgan fingerprint density at radius 1 is 1.31 bits per heavy atom. The number of unbranched alkanes of at least 4 members (excludes halogenated alkanes) is 1. The summed E-state index contributed by atoms with van der Waals surface area (Å²) in [5.41, 5.74) is 0. The molecule has 1 aliphatic carbocycles. The fourth-order valence-corrected chi connectivity index (χ4v) is 5.15. The third-order valence-corrected chi connectivity index (χ3v) is 6.87. The highest BCUT2D eigenvalue weighted by molar-refractivity contribution is 7.19. The van der Waals surface area contributed by atoms with E-state index in [0.29, 0.717) is 32.1 Å². The molecule has 156 valence electrons. The van der Waals surface area contributed by atoms with Crippen molar-refractivity contribution in [3.05, 3.63) is 47.4 Å². The number of aliphatic hydroxyl groups is 1. The molecule has 0 aliphatic heterocycles. The number of carboxylic acids is 1. The van der Waals surface area contributed by atoms with Crippen LogP contribution in [0.5, 0.6) is 0 Å². The summed E-state index contributed by atoms with van der Waals surface area (Å²) >= 11 is 1.55. The Labute approximate surface area is 174 Å². The second-order valence-electron chi connectivity index (χ2n) is 7.73. The van der Waals surface area contributed by atoms with Crippen LogP contribution in [0.25, 0.3) is 10.1 Å². The van der Waals surface area contributed by atoms with Crippen LogP contribution in [-0.2, 0) is 9.59 Å². The molecule has 0 spiro atoms. The van der Waals surface area contributed by atoms with E-state index < -0.39 is 18.2 Å². The van der Waals surface area contributed by atoms with E-state index >= 15 is 0 Å². The zero-order valence-corrected chi connectivity index (χ0v) is 17.1. The number of ketones is 1. The van der Waals surface area contributed by atoms with Gasteiger partial charge < -0.3 is 10.2 Å². The smallest absolute Gasteiger partial charge is 0.303 e. The lowest BCUT2D eigenvalue weighted by atomic mass is 9.87. The Kier molecular flexibility index (Phi) is 7.56. The van der Waals surface area contributed by atoms with E-state index in [1.54, 1.807) is 11.3 Å². The molecule has 4 atom stereocenters. The minimum absolute atomic E-state index is 0.0405. The van der Waals surface area contributed by atoms with Crippen molar-refractivity contribution in [3.8, 4) is 0 Å². The Morgan fingerprint density at radius 3 is 2.86 bits per heavy atom. The summed E-state index contributed by atoms with van der Waals surface area (Å²) in [5.74, 6) is -1.59. The number of carbonyl (C=O) groups is 2. The molecule has 0 amide bonds. The van der Waals surface area contributed by atoms with E-state index in [1.165, 1.54) is 0 Å². The number of allylic oxidation sites excluding steroid dienone is 2. The lowest BCUT2D eigenvalue weighted by Gasteiger charge is -2.19. The summed E-state index contributed by atoms with van der Waals surface area (Å²) in [4.78, 5) is 23.7. The van der Waals surface area contributed by atoms with Gasteiger partial charge in [-0.25, -0.2) is 4.39 Å². The SMILES string of the molecule is O=C(O)CCCC=CC[C@H]1[C@@H](F)CC(=O)[C@@H]1CCC(O)c1cc2ccccc2s1. The van der Waals surface area contributed by atoms with Gasteiger partial charge >= 0.3 is 5.97 Å². The van der Waals surface area contributed by atoms with Gasteiger partial charge in [0.05, 0.1) is 6.10 Å². The van der Waals surface area contributed by atoms with Gasteiger partial charge in [-0.2, -0.15) is 0 Å². The van der Waals surface area contributed by atoms with Crippen LogP contribution in [0, 0.1) is 11.8 Å². The van der Waals surface area contributed by atoms with Crippen LogP contribution < -0.4 is 0 Å². The van der Waals surface area contributed by atoms with Crippen molar-refractivity contribution in [2.75, 3.05) is 0 Å². The number of aliphatic hydroxyl groups excluding tert-OH is 1. The van der Waals surface area contributed by atoms with E-state index in [1.807, 2.05) is 42.5 Å². The zero-order valence-electron chi connectivity index (χ0n) is 16.3. The van der Waals surface area contributed by atoms with Gasteiger partial charge in [0.15, 0.2) is 0 Å². The molecule has 1 heterocycles. The number of hydrogen-bond acceptors (Lipinski definition) is 4. The van der Waals surface area contributed by atoms with Crippen LogP contribution in [0.4, 0.5) is 4.39 Å². The summed E-state index contributed by atoms with van der Waals surface area (Å²) < 4.78 is 15.5. The maximum Gasteiger partial charge on any atom is 0.303 e. The third-order valence-electron chi connectivity index (χ3n) is 5.65. The Bertz CT molecular complexity index is 842. The maximum atomic E-state index is 14.4. The van der Waals surface area contributed by atoms with Crippen molar-refractivity contribution < 1.29 is 24.2 Å². The second kappa shape index (κ2) is 10.1. The van der Waals surface area contributed by atoms with E-state index in [4.69, 9.17) is 5.11 Å². The second-order valence-corrected chi connectivity index (χ2v) is 8.84. The number of benzene rings is 1. The van der Waals surface area contributed by atoms with Crippen molar-refractivity contribution in [3.63, 3.8) is 0 Å². The first-order valence-corrected chi connectivity index (χ1v) is 11.0. The summed E-state index contributed by atoms with van der Waals surface area (Å²) in [6.45, 7) is 0. The van der Waals surface area contributed by atoms with E-state index in [9.17, 15) is 19.1 Å². The minimum atomic E-state index is -1.14. The van der Waals surface area contributed by atoms with Crippen molar-refractivity contribution in [1.29, 1.82) is 0 Å². The van der Waals surface area contributed by atoms with Crippen molar-refractivity contribution in [2.45, 2.75) is 57.2 Å². The molecule has 1 aliphatic rings. The molecule has 2 aromatic rings. The van der Waals surface area contributed by atoms with Crippen molar-refractivity contribution in [2.24, 2.45) is 11.8 Å². The fourth-order valence-electron chi connectivity index (χ4n) is 4.06. The summed E-state index contributed by atoms with van der Waals surface area (Å²) in [7, 11) is 0. The normalized spacial score (nSPS) is 23.2. The number of fused-ring (bicyclic) bond motifs is 1. The number of thiophene rings is 1. The molecule has 29 heavy (non-hydrogen) atoms. The van der Waals surface area contributed by atoms with Gasteiger partial charge in [-0.1, -0.05) is 30.4 Å². The summed E-state index contributed by atoms with van der Waals surface area (Å²) in [6.07, 6.45) is 4.62. The number of carboxylic acid groups (broad SMARTS) is 1. The standard InChI is InChI=1S/C23H27FO4S/c24-18-14-20(26)17(16(18)8-3-1-2-4-10-23(27)28)11-12-19(25)22-13-15-7-5-6-9-21(15)29-22/h1,3,5-7,9,13,16-19,25H,2,4,8,10-12,14H2,(H,27,28)/t16-,17-,18+,19?/m1/s1. The molecule has 6 heteroatoms. The first-order valence-electron chi connectivity index (χ1n) is 10.2. The molecule has 0 saturated heterocycles. The van der Waals surface area contributed by atoms with Gasteiger partial charge in [0.2, 0.25) is 0 Å². The number of alkyl halides is 1. The highest BCUT2D eigenvalue weighted by Gasteiger charge is 2.41. The largest absolute Gasteiger partial charge is 0.481 e. The fraction of sp³-hybridized carbons (Fsp3) is 0.478. The van der Waals surface area contributed by atoms with Gasteiger partial charge in [0, 0.05) is 34.3 Å². The molecule has 0 radical (unpaired) electrons. The molecule has 1 aromatic carbocycles. The number of halogens is 1. The minimum Gasteiger partial charge on any atom is -0.481 e. The summed E-state index contributed by atoms with van der Waals surface area (Å²) in [5, 5.41) is 20.3. The number of hydrogen-bond donors (Lipinski definition) is 2. The molecule has 1 saturated carbocycles. The van der Waals surface area contributed by atoms with Crippen LogP contribution in [0.2, 0.25) is 0 Å². The zero-order chi connectivity index (χ0) is 20.8. The maximum absolute atomic E-state index is 14.4. The van der Waals surface area contributed by atoms with E-state index in [-0.39, 0.29) is 30.5 Å². The van der Waals surface area contributed by atoms with Crippen LogP contribution in [0.1, 0.15) is 55.9 Å². The molecule has 1 fully saturated rings. The monoisotopic (exact) mass is 418 g/mol. The topological polar surface area (TPSA) is 74.6 Å². The number of rotatable bonds is 10.